The predicted octanol–water partition coefficient (Wildman–Crippen LogP) is 1.69. The first-order chi connectivity index (χ1) is 9.08. The number of rotatable bonds is 3. The van der Waals surface area contributed by atoms with Gasteiger partial charge in [-0.15, -0.1) is 0 Å². The van der Waals surface area contributed by atoms with E-state index >= 15 is 0 Å². The van der Waals surface area contributed by atoms with Gasteiger partial charge in [0.2, 0.25) is 0 Å². The van der Waals surface area contributed by atoms with E-state index in [0.29, 0.717) is 6.42 Å². The van der Waals surface area contributed by atoms with Crippen LogP contribution in [0.3, 0.4) is 0 Å². The molecule has 1 aromatic rings. The lowest BCUT2D eigenvalue weighted by atomic mass is 10.2. The van der Waals surface area contributed by atoms with Gasteiger partial charge in [0, 0.05) is 17.5 Å². The molecule has 5 nitrogen and oxygen atoms in total. The number of aromatic nitrogens is 2. The Kier molecular flexibility index (Phi) is 4.59. The molecule has 0 saturated carbocycles. The quantitative estimate of drug-likeness (QED) is 0.431. The molecule has 9 heteroatoms. The summed E-state index contributed by atoms with van der Waals surface area (Å²) in [5.41, 5.74) is -0.943. The van der Waals surface area contributed by atoms with Crippen LogP contribution < -0.4 is 11.2 Å². The van der Waals surface area contributed by atoms with Gasteiger partial charge in [0.25, 0.3) is 5.56 Å². The van der Waals surface area contributed by atoms with Gasteiger partial charge in [-0.3, -0.25) is 14.3 Å². The van der Waals surface area contributed by atoms with E-state index < -0.39 is 23.4 Å². The smallest absolute Gasteiger partial charge is 0.330 e. The van der Waals surface area contributed by atoms with E-state index in [9.17, 15) is 9.59 Å². The third kappa shape index (κ3) is 3.56. The standard InChI is InChI=1S/C10H17IN2O3P2S/c1-2-6-5-7(19(11,17)18)9(16-6)13-4-3-8(14)12-10(13)15/h3-4,6-7,9,17,19H,2,5,18H2,1H3,(H,12,14,15)/t6-,7?,9-/m1/s1/i19T. The lowest BCUT2D eigenvalue weighted by Gasteiger charge is -2.28. The molecular weight excluding hydrogens is 417 g/mol. The Morgan fingerprint density at radius 2 is 2.47 bits per heavy atom. The molecular formula is C10H17IN2O3P2S. The SMILES string of the molecule is [3H]S(=P)(P)(I)C1C[C@@H](CC)O[C@H]1n1ccc(=O)[nH]c1=O. The van der Waals surface area contributed by atoms with Crippen molar-refractivity contribution in [1.82, 2.24) is 9.55 Å². The van der Waals surface area contributed by atoms with Crippen molar-refractivity contribution in [2.24, 2.45) is 0 Å². The lowest BCUT2D eigenvalue weighted by molar-refractivity contribution is -0.000476. The van der Waals surface area contributed by atoms with Gasteiger partial charge in [-0.25, -0.2) is 4.79 Å². The van der Waals surface area contributed by atoms with Crippen LogP contribution in [0.15, 0.2) is 21.9 Å². The van der Waals surface area contributed by atoms with Crippen LogP contribution in [0.4, 0.5) is 0 Å². The minimum absolute atomic E-state index is 0.0105. The second-order valence-corrected chi connectivity index (χ2v) is 21.8. The van der Waals surface area contributed by atoms with E-state index in [0.717, 1.165) is 6.42 Å². The highest BCUT2D eigenvalue weighted by atomic mass is 127. The molecule has 0 radical (unpaired) electrons. The summed E-state index contributed by atoms with van der Waals surface area (Å²) in [5, 5.41) is -0.164. The van der Waals surface area contributed by atoms with Gasteiger partial charge in [-0.1, -0.05) is 23.4 Å². The van der Waals surface area contributed by atoms with Crippen molar-refractivity contribution in [3.05, 3.63) is 33.1 Å². The molecule has 108 valence electrons. The van der Waals surface area contributed by atoms with Crippen LogP contribution in [0.25, 0.3) is 0 Å². The Balaban J connectivity index is 2.50. The van der Waals surface area contributed by atoms with Crippen LogP contribution in [-0.4, -0.2) is 22.0 Å². The van der Waals surface area contributed by atoms with Gasteiger partial charge in [0.05, 0.1) is 7.23 Å². The molecule has 4 atom stereocenters. The summed E-state index contributed by atoms with van der Waals surface area (Å²) in [4.78, 5) is 25.3. The van der Waals surface area contributed by atoms with Crippen LogP contribution in [0.2, 0.25) is 0 Å². The average Bonchev–Trinajstić information content (AvgIpc) is 2.72. The summed E-state index contributed by atoms with van der Waals surface area (Å²) in [6.45, 7) is 2.01. The molecule has 2 unspecified atom stereocenters. The molecule has 1 fully saturated rings. The highest BCUT2D eigenvalue weighted by molar-refractivity contribution is 14.2. The van der Waals surface area contributed by atoms with E-state index in [2.05, 4.69) is 42.6 Å². The second kappa shape index (κ2) is 6.06. The van der Waals surface area contributed by atoms with E-state index in [-0.39, 0.29) is 11.4 Å². The van der Waals surface area contributed by atoms with Gasteiger partial charge in [0.1, 0.15) is 6.23 Å². The second-order valence-electron chi connectivity index (χ2n) is 4.48. The molecule has 0 bridgehead atoms. The van der Waals surface area contributed by atoms with Crippen molar-refractivity contribution in [2.45, 2.75) is 37.3 Å². The highest BCUT2D eigenvalue weighted by Crippen LogP contribution is 2.46. The molecule has 1 aromatic heterocycles. The Bertz CT molecular complexity index is 689. The highest BCUT2D eigenvalue weighted by Gasteiger charge is 2.39. The molecule has 0 amide bonds. The lowest BCUT2D eigenvalue weighted by Crippen LogP contribution is -2.36. The van der Waals surface area contributed by atoms with Crippen molar-refractivity contribution in [2.75, 3.05) is 0 Å². The summed E-state index contributed by atoms with van der Waals surface area (Å²) in [7, 11) is 6.12. The van der Waals surface area contributed by atoms with Gasteiger partial charge < -0.3 is 4.74 Å². The van der Waals surface area contributed by atoms with Crippen LogP contribution in [-0.2, 0) is 10.6 Å². The predicted molar refractivity (Wildman–Crippen MR) is 94.7 cm³/mol. The Labute approximate surface area is 129 Å². The number of thiol groups is 1. The first-order valence-corrected chi connectivity index (χ1v) is 12.8. The number of hydrogen-bond acceptors (Lipinski definition) is 3. The summed E-state index contributed by atoms with van der Waals surface area (Å²) in [6, 6.07) is 1.29. The molecule has 1 aliphatic heterocycles. The topological polar surface area (TPSA) is 64.1 Å². The molecule has 0 spiro atoms. The van der Waals surface area contributed by atoms with Crippen molar-refractivity contribution in [3.63, 3.8) is 0 Å². The van der Waals surface area contributed by atoms with Crippen molar-refractivity contribution >= 4 is 43.6 Å². The fraction of sp³-hybridized carbons (Fsp3) is 0.600. The zero-order chi connectivity index (χ0) is 15.2. The third-order valence-corrected chi connectivity index (χ3v) is 8.39. The van der Waals surface area contributed by atoms with Crippen LogP contribution in [0.5, 0.6) is 0 Å². The van der Waals surface area contributed by atoms with Crippen LogP contribution in [0, 0.1) is 0 Å². The largest absolute Gasteiger partial charge is 0.353 e. The van der Waals surface area contributed by atoms with Gasteiger partial charge in [-0.05, 0) is 34.0 Å². The number of H-pyrrole nitrogens is 1. The average molecular weight is 436 g/mol. The van der Waals surface area contributed by atoms with Crippen LogP contribution >= 0.6 is 37.7 Å². The number of nitrogens with zero attached hydrogens (tertiary/aromatic N) is 1. The number of ether oxygens (including phenoxy) is 1. The molecule has 1 aliphatic rings. The number of aromatic amines is 1. The summed E-state index contributed by atoms with van der Waals surface area (Å²) in [6.07, 6.45) is 2.42. The van der Waals surface area contributed by atoms with E-state index in [1.807, 2.05) is 6.92 Å². The molecule has 1 saturated heterocycles. The van der Waals surface area contributed by atoms with Gasteiger partial charge in [0.15, 0.2) is 0 Å². The van der Waals surface area contributed by atoms with E-state index in [1.54, 1.807) is 0 Å². The normalized spacial score (nSPS) is 30.6. The fourth-order valence-corrected chi connectivity index (χ4v) is 5.94. The van der Waals surface area contributed by atoms with Gasteiger partial charge in [-0.2, -0.15) is 5.90 Å². The van der Waals surface area contributed by atoms with Crippen LogP contribution in [0.1, 0.15) is 26.0 Å². The molecule has 0 aromatic carbocycles. The molecule has 2 heterocycles. The minimum atomic E-state index is -2.71. The first kappa shape index (κ1) is 14.4. The summed E-state index contributed by atoms with van der Waals surface area (Å²) in [5.74, 6) is -2.71. The number of halogens is 1. The van der Waals surface area contributed by atoms with Gasteiger partial charge >= 0.3 is 5.69 Å². The summed E-state index contributed by atoms with van der Waals surface area (Å²) < 4.78 is 15.8. The zero-order valence-corrected chi connectivity index (χ0v) is 15.5. The van der Waals surface area contributed by atoms with Crippen molar-refractivity contribution in [1.29, 1.82) is 1.12 Å². The zero-order valence-electron chi connectivity index (χ0n) is 11.3. The van der Waals surface area contributed by atoms with E-state index in [4.69, 9.17) is 5.86 Å². The Morgan fingerprint density at radius 3 is 3.00 bits per heavy atom. The Morgan fingerprint density at radius 1 is 1.79 bits per heavy atom. The molecule has 0 aliphatic carbocycles. The monoisotopic (exact) mass is 436 g/mol. The number of nitrogens with one attached hydrogen (secondary N) is 1. The summed E-state index contributed by atoms with van der Waals surface area (Å²) >= 11 is 2.08. The maximum absolute atomic E-state index is 12.0. The maximum Gasteiger partial charge on any atom is 0.330 e. The Hall–Kier alpha value is 0.450. The van der Waals surface area contributed by atoms with E-state index in [1.165, 1.54) is 16.8 Å². The fourth-order valence-electron chi connectivity index (χ4n) is 2.16. The molecule has 19 heavy (non-hydrogen) atoms. The number of hydrogen-bond donors (Lipinski definition) is 2. The van der Waals surface area contributed by atoms with Crippen molar-refractivity contribution in [3.8, 4) is 0 Å². The minimum Gasteiger partial charge on any atom is -0.353 e. The maximum atomic E-state index is 12.0. The first-order valence-electron chi connectivity index (χ1n) is 6.24. The molecule has 2 rings (SSSR count). The third-order valence-electron chi connectivity index (χ3n) is 3.17. The molecule has 1 N–H and O–H groups in total. The van der Waals surface area contributed by atoms with Crippen molar-refractivity contribution < 1.29 is 4.74 Å².